The topological polar surface area (TPSA) is 37.3 Å². The third kappa shape index (κ3) is 1.58. The molecule has 1 rings (SSSR count). The molecule has 1 aliphatic carbocycles. The zero-order valence-electron chi connectivity index (χ0n) is 6.32. The average molecular weight is 150 g/mol. The van der Waals surface area contributed by atoms with E-state index in [0.717, 1.165) is 0 Å². The monoisotopic (exact) mass is 150 g/mol. The summed E-state index contributed by atoms with van der Waals surface area (Å²) in [7, 11) is 0. The summed E-state index contributed by atoms with van der Waals surface area (Å²) in [5.41, 5.74) is 0.440. The average Bonchev–Trinajstić information content (AvgIpc) is 2.40. The van der Waals surface area contributed by atoms with Crippen LogP contribution in [0.15, 0.2) is 36.0 Å². The van der Waals surface area contributed by atoms with E-state index in [9.17, 15) is 4.79 Å². The van der Waals surface area contributed by atoms with Crippen LogP contribution in [0, 0.1) is 5.92 Å². The van der Waals surface area contributed by atoms with Gasteiger partial charge in [-0.05, 0) is 6.92 Å². The van der Waals surface area contributed by atoms with Gasteiger partial charge in [-0.2, -0.15) is 0 Å². The van der Waals surface area contributed by atoms with Crippen molar-refractivity contribution in [3.63, 3.8) is 0 Å². The van der Waals surface area contributed by atoms with Gasteiger partial charge in [-0.15, -0.1) is 0 Å². The Bertz CT molecular complexity index is 234. The van der Waals surface area contributed by atoms with Gasteiger partial charge in [0.1, 0.15) is 0 Å². The molecule has 0 saturated carbocycles. The predicted octanol–water partition coefficient (Wildman–Crippen LogP) is 1.76. The molecule has 0 spiro atoms. The Morgan fingerprint density at radius 3 is 2.36 bits per heavy atom. The summed E-state index contributed by atoms with van der Waals surface area (Å²) in [6.45, 7) is 1.74. The predicted molar refractivity (Wildman–Crippen MR) is 43.2 cm³/mol. The number of carbonyl (C=O) groups is 1. The fourth-order valence-electron chi connectivity index (χ4n) is 1.10. The molecule has 0 aromatic heterocycles. The van der Waals surface area contributed by atoms with Crippen LogP contribution < -0.4 is 0 Å². The molecule has 0 aliphatic heterocycles. The van der Waals surface area contributed by atoms with Gasteiger partial charge in [0.2, 0.25) is 0 Å². The zero-order valence-corrected chi connectivity index (χ0v) is 6.32. The molecule has 0 amide bonds. The first-order valence-electron chi connectivity index (χ1n) is 3.50. The van der Waals surface area contributed by atoms with E-state index in [-0.39, 0.29) is 5.92 Å². The van der Waals surface area contributed by atoms with Crippen molar-refractivity contribution in [1.82, 2.24) is 0 Å². The molecule has 0 bridgehead atoms. The summed E-state index contributed by atoms with van der Waals surface area (Å²) in [5.74, 6) is -0.869. The molecule has 0 atom stereocenters. The standard InChI is InChI=1S/C9H10O2/c1-2-8(9(10)11)7-5-3-4-6-7/h2-7H,1H3,(H,10,11). The van der Waals surface area contributed by atoms with E-state index < -0.39 is 5.97 Å². The van der Waals surface area contributed by atoms with Crippen LogP contribution in [0.2, 0.25) is 0 Å². The van der Waals surface area contributed by atoms with E-state index in [1.807, 2.05) is 24.3 Å². The number of rotatable bonds is 2. The molecule has 11 heavy (non-hydrogen) atoms. The van der Waals surface area contributed by atoms with Crippen molar-refractivity contribution >= 4 is 5.97 Å². The summed E-state index contributed by atoms with van der Waals surface area (Å²) in [4.78, 5) is 10.6. The lowest BCUT2D eigenvalue weighted by Gasteiger charge is -2.04. The maximum atomic E-state index is 10.6. The summed E-state index contributed by atoms with van der Waals surface area (Å²) in [5, 5.41) is 8.70. The molecule has 2 heteroatoms. The number of hydrogen-bond donors (Lipinski definition) is 1. The number of carboxylic acids is 1. The van der Waals surface area contributed by atoms with Crippen LogP contribution in [-0.4, -0.2) is 11.1 Å². The van der Waals surface area contributed by atoms with Crippen molar-refractivity contribution in [2.24, 2.45) is 5.92 Å². The second-order valence-corrected chi connectivity index (χ2v) is 2.34. The highest BCUT2D eigenvalue weighted by Crippen LogP contribution is 2.18. The van der Waals surface area contributed by atoms with Crippen LogP contribution in [0.4, 0.5) is 0 Å². The highest BCUT2D eigenvalue weighted by atomic mass is 16.4. The summed E-state index contributed by atoms with van der Waals surface area (Å²) < 4.78 is 0. The lowest BCUT2D eigenvalue weighted by atomic mass is 10.0. The van der Waals surface area contributed by atoms with E-state index in [4.69, 9.17) is 5.11 Å². The Morgan fingerprint density at radius 1 is 1.45 bits per heavy atom. The largest absolute Gasteiger partial charge is 0.478 e. The van der Waals surface area contributed by atoms with Crippen molar-refractivity contribution < 1.29 is 9.90 Å². The van der Waals surface area contributed by atoms with Crippen molar-refractivity contribution in [2.45, 2.75) is 6.92 Å². The van der Waals surface area contributed by atoms with Crippen molar-refractivity contribution in [3.05, 3.63) is 36.0 Å². The Kier molecular flexibility index (Phi) is 2.26. The zero-order chi connectivity index (χ0) is 8.27. The Labute approximate surface area is 65.5 Å². The van der Waals surface area contributed by atoms with Gasteiger partial charge in [0.25, 0.3) is 0 Å². The fraction of sp³-hybridized carbons (Fsp3) is 0.222. The van der Waals surface area contributed by atoms with Gasteiger partial charge in [0, 0.05) is 11.5 Å². The van der Waals surface area contributed by atoms with Gasteiger partial charge in [-0.3, -0.25) is 0 Å². The lowest BCUT2D eigenvalue weighted by Crippen LogP contribution is -2.07. The van der Waals surface area contributed by atoms with Crippen molar-refractivity contribution in [3.8, 4) is 0 Å². The van der Waals surface area contributed by atoms with Gasteiger partial charge in [-0.1, -0.05) is 30.4 Å². The lowest BCUT2D eigenvalue weighted by molar-refractivity contribution is -0.132. The van der Waals surface area contributed by atoms with E-state index >= 15 is 0 Å². The molecule has 0 radical (unpaired) electrons. The number of hydrogen-bond acceptors (Lipinski definition) is 1. The minimum absolute atomic E-state index is 0.0301. The fourth-order valence-corrected chi connectivity index (χ4v) is 1.10. The van der Waals surface area contributed by atoms with E-state index in [2.05, 4.69) is 0 Å². The summed E-state index contributed by atoms with van der Waals surface area (Å²) >= 11 is 0. The molecule has 1 N–H and O–H groups in total. The van der Waals surface area contributed by atoms with Gasteiger partial charge in [-0.25, -0.2) is 4.79 Å². The molecule has 0 aromatic carbocycles. The minimum atomic E-state index is -0.839. The van der Waals surface area contributed by atoms with Gasteiger partial charge in [0.05, 0.1) is 0 Å². The van der Waals surface area contributed by atoms with E-state index in [1.165, 1.54) is 0 Å². The van der Waals surface area contributed by atoms with Crippen molar-refractivity contribution in [2.75, 3.05) is 0 Å². The maximum absolute atomic E-state index is 10.6. The van der Waals surface area contributed by atoms with Gasteiger partial charge >= 0.3 is 5.97 Å². The normalized spacial score (nSPS) is 17.7. The molecule has 0 heterocycles. The van der Waals surface area contributed by atoms with Crippen LogP contribution in [0.1, 0.15) is 6.92 Å². The molecule has 1 aliphatic rings. The first-order chi connectivity index (χ1) is 5.25. The Balaban J connectivity index is 2.79. The van der Waals surface area contributed by atoms with Crippen molar-refractivity contribution in [1.29, 1.82) is 0 Å². The van der Waals surface area contributed by atoms with Crippen LogP contribution >= 0.6 is 0 Å². The first kappa shape index (κ1) is 7.79. The Hall–Kier alpha value is -1.31. The molecular weight excluding hydrogens is 140 g/mol. The van der Waals surface area contributed by atoms with E-state index in [1.54, 1.807) is 13.0 Å². The van der Waals surface area contributed by atoms with Crippen LogP contribution in [-0.2, 0) is 4.79 Å². The van der Waals surface area contributed by atoms with Gasteiger partial charge < -0.3 is 5.11 Å². The maximum Gasteiger partial charge on any atom is 0.332 e. The second kappa shape index (κ2) is 3.19. The second-order valence-electron chi connectivity index (χ2n) is 2.34. The summed E-state index contributed by atoms with van der Waals surface area (Å²) in [6, 6.07) is 0. The number of carboxylic acid groups (broad SMARTS) is 1. The molecule has 2 nitrogen and oxygen atoms in total. The molecule has 0 fully saturated rings. The highest BCUT2D eigenvalue weighted by Gasteiger charge is 2.15. The smallest absolute Gasteiger partial charge is 0.332 e. The molecule has 0 aromatic rings. The Morgan fingerprint density at radius 2 is 2.00 bits per heavy atom. The number of allylic oxidation sites excluding steroid dienone is 5. The molecular formula is C9H10O2. The number of aliphatic carboxylic acids is 1. The first-order valence-corrected chi connectivity index (χ1v) is 3.50. The van der Waals surface area contributed by atoms with Gasteiger partial charge in [0.15, 0.2) is 0 Å². The third-order valence-electron chi connectivity index (χ3n) is 1.67. The molecule has 58 valence electrons. The quantitative estimate of drug-likeness (QED) is 0.609. The third-order valence-corrected chi connectivity index (χ3v) is 1.67. The molecule has 0 saturated heterocycles. The van der Waals surface area contributed by atoms with Crippen LogP contribution in [0.3, 0.4) is 0 Å². The molecule has 0 unspecified atom stereocenters. The van der Waals surface area contributed by atoms with E-state index in [0.29, 0.717) is 5.57 Å². The van der Waals surface area contributed by atoms with Crippen LogP contribution in [0.25, 0.3) is 0 Å². The SMILES string of the molecule is CC=C(C(=O)O)C1C=CC=C1. The van der Waals surface area contributed by atoms with Crippen LogP contribution in [0.5, 0.6) is 0 Å². The summed E-state index contributed by atoms with van der Waals surface area (Å²) in [6.07, 6.45) is 9.08. The minimum Gasteiger partial charge on any atom is -0.478 e. The highest BCUT2D eigenvalue weighted by molar-refractivity contribution is 5.88.